The molecule has 1 heterocycles. The fourth-order valence-electron chi connectivity index (χ4n) is 1.67. The second-order valence-corrected chi connectivity index (χ2v) is 4.26. The third kappa shape index (κ3) is 2.09. The standard InChI is InChI=1S/C10H10F3N3O2/c1-6-7(16(17)18)2-3-8(14-6)15-9(4-5-9)10(11,12)13/h2-3H,4-5H2,1H3,(H,14,15). The van der Waals surface area contributed by atoms with Crippen molar-refractivity contribution in [1.29, 1.82) is 0 Å². The topological polar surface area (TPSA) is 68.1 Å². The van der Waals surface area contributed by atoms with Gasteiger partial charge in [0.25, 0.3) is 5.69 Å². The van der Waals surface area contributed by atoms with Crippen LogP contribution in [0.25, 0.3) is 0 Å². The molecule has 0 unspecified atom stereocenters. The van der Waals surface area contributed by atoms with Crippen molar-refractivity contribution in [2.75, 3.05) is 5.32 Å². The van der Waals surface area contributed by atoms with Crippen molar-refractivity contribution < 1.29 is 18.1 Å². The number of halogens is 3. The Kier molecular flexibility index (Phi) is 2.67. The van der Waals surface area contributed by atoms with Gasteiger partial charge in [-0.3, -0.25) is 10.1 Å². The number of nitrogens with zero attached hydrogens (tertiary/aromatic N) is 2. The van der Waals surface area contributed by atoms with E-state index in [-0.39, 0.29) is 30.0 Å². The molecule has 18 heavy (non-hydrogen) atoms. The summed E-state index contributed by atoms with van der Waals surface area (Å²) >= 11 is 0. The minimum atomic E-state index is -4.34. The van der Waals surface area contributed by atoms with Crippen molar-refractivity contribution in [2.24, 2.45) is 0 Å². The number of nitrogens with one attached hydrogen (secondary N) is 1. The average Bonchev–Trinajstić information content (AvgIpc) is 2.97. The van der Waals surface area contributed by atoms with E-state index in [4.69, 9.17) is 0 Å². The van der Waals surface area contributed by atoms with Crippen LogP contribution in [0.15, 0.2) is 12.1 Å². The van der Waals surface area contributed by atoms with Crippen molar-refractivity contribution in [3.63, 3.8) is 0 Å². The number of alkyl halides is 3. The minimum absolute atomic E-state index is 0.00574. The van der Waals surface area contributed by atoms with Crippen LogP contribution in [0.3, 0.4) is 0 Å². The SMILES string of the molecule is Cc1nc(NC2(C(F)(F)F)CC2)ccc1[N+](=O)[O-]. The van der Waals surface area contributed by atoms with Gasteiger partial charge in [-0.25, -0.2) is 4.98 Å². The first-order chi connectivity index (χ1) is 8.25. The molecule has 0 aromatic carbocycles. The van der Waals surface area contributed by atoms with Crippen LogP contribution in [0.2, 0.25) is 0 Å². The summed E-state index contributed by atoms with van der Waals surface area (Å²) in [5.41, 5.74) is -2.04. The summed E-state index contributed by atoms with van der Waals surface area (Å²) in [6.45, 7) is 1.39. The summed E-state index contributed by atoms with van der Waals surface area (Å²) in [5.74, 6) is 0.00734. The lowest BCUT2D eigenvalue weighted by atomic mass is 10.2. The highest BCUT2D eigenvalue weighted by Crippen LogP contribution is 2.51. The molecular formula is C10H10F3N3O2. The molecule has 1 aliphatic carbocycles. The molecule has 0 atom stereocenters. The zero-order chi connectivity index (χ0) is 13.6. The van der Waals surface area contributed by atoms with Crippen LogP contribution in [0, 0.1) is 17.0 Å². The number of rotatable bonds is 3. The van der Waals surface area contributed by atoms with E-state index in [1.165, 1.54) is 13.0 Å². The van der Waals surface area contributed by atoms with E-state index >= 15 is 0 Å². The van der Waals surface area contributed by atoms with Gasteiger partial charge in [-0.05, 0) is 25.8 Å². The second kappa shape index (κ2) is 3.82. The largest absolute Gasteiger partial charge is 0.411 e. The molecule has 1 saturated carbocycles. The van der Waals surface area contributed by atoms with Crippen LogP contribution in [-0.4, -0.2) is 21.6 Å². The maximum atomic E-state index is 12.7. The number of anilines is 1. The summed E-state index contributed by atoms with van der Waals surface area (Å²) in [6.07, 6.45) is -4.35. The van der Waals surface area contributed by atoms with Crippen LogP contribution in [-0.2, 0) is 0 Å². The highest BCUT2D eigenvalue weighted by molar-refractivity contribution is 5.48. The molecule has 1 N–H and O–H groups in total. The highest BCUT2D eigenvalue weighted by atomic mass is 19.4. The molecule has 98 valence electrons. The third-order valence-corrected chi connectivity index (χ3v) is 2.91. The molecule has 8 heteroatoms. The number of aryl methyl sites for hydroxylation is 1. The maximum Gasteiger partial charge on any atom is 0.411 e. The Morgan fingerprint density at radius 1 is 1.44 bits per heavy atom. The Balaban J connectivity index is 2.22. The first-order valence-corrected chi connectivity index (χ1v) is 5.22. The lowest BCUT2D eigenvalue weighted by molar-refractivity contribution is -0.385. The van der Waals surface area contributed by atoms with E-state index in [0.717, 1.165) is 6.07 Å². The molecule has 1 aromatic rings. The monoisotopic (exact) mass is 261 g/mol. The molecule has 1 fully saturated rings. The van der Waals surface area contributed by atoms with Crippen LogP contribution in [0.1, 0.15) is 18.5 Å². The Morgan fingerprint density at radius 2 is 2.06 bits per heavy atom. The Bertz CT molecular complexity index is 498. The van der Waals surface area contributed by atoms with E-state index in [9.17, 15) is 23.3 Å². The molecule has 2 rings (SSSR count). The highest BCUT2D eigenvalue weighted by Gasteiger charge is 2.63. The number of hydrogen-bond acceptors (Lipinski definition) is 4. The van der Waals surface area contributed by atoms with Crippen molar-refractivity contribution in [3.8, 4) is 0 Å². The number of aromatic nitrogens is 1. The van der Waals surface area contributed by atoms with E-state index < -0.39 is 16.6 Å². The molecular weight excluding hydrogens is 251 g/mol. The van der Waals surface area contributed by atoms with Gasteiger partial charge in [0.2, 0.25) is 0 Å². The quantitative estimate of drug-likeness (QED) is 0.671. The predicted molar refractivity (Wildman–Crippen MR) is 57.3 cm³/mol. The number of nitro groups is 1. The Labute approximate surface area is 100 Å². The molecule has 0 radical (unpaired) electrons. The average molecular weight is 261 g/mol. The summed E-state index contributed by atoms with van der Waals surface area (Å²) < 4.78 is 38.1. The van der Waals surface area contributed by atoms with Crippen LogP contribution in [0.5, 0.6) is 0 Å². The maximum absolute atomic E-state index is 12.7. The van der Waals surface area contributed by atoms with Gasteiger partial charge in [0.05, 0.1) is 4.92 Å². The number of pyridine rings is 1. The van der Waals surface area contributed by atoms with Crippen molar-refractivity contribution >= 4 is 11.5 Å². The first kappa shape index (κ1) is 12.6. The predicted octanol–water partition coefficient (Wildman–Crippen LogP) is 2.81. The molecule has 0 saturated heterocycles. The van der Waals surface area contributed by atoms with Crippen molar-refractivity contribution in [2.45, 2.75) is 31.5 Å². The number of hydrogen-bond donors (Lipinski definition) is 1. The zero-order valence-electron chi connectivity index (χ0n) is 9.41. The first-order valence-electron chi connectivity index (χ1n) is 5.22. The van der Waals surface area contributed by atoms with Gasteiger partial charge in [0.15, 0.2) is 0 Å². The summed E-state index contributed by atoms with van der Waals surface area (Å²) in [5, 5.41) is 12.9. The molecule has 1 aromatic heterocycles. The molecule has 0 aliphatic heterocycles. The van der Waals surface area contributed by atoms with E-state index in [1.54, 1.807) is 0 Å². The lowest BCUT2D eigenvalue weighted by Crippen LogP contribution is -2.38. The van der Waals surface area contributed by atoms with E-state index in [1.807, 2.05) is 0 Å². The third-order valence-electron chi connectivity index (χ3n) is 2.91. The van der Waals surface area contributed by atoms with Crippen molar-refractivity contribution in [3.05, 3.63) is 27.9 Å². The van der Waals surface area contributed by atoms with Gasteiger partial charge >= 0.3 is 6.18 Å². The van der Waals surface area contributed by atoms with Gasteiger partial charge in [-0.1, -0.05) is 0 Å². The van der Waals surface area contributed by atoms with Gasteiger partial charge < -0.3 is 5.32 Å². The van der Waals surface area contributed by atoms with Crippen LogP contribution < -0.4 is 5.32 Å². The van der Waals surface area contributed by atoms with Crippen molar-refractivity contribution in [1.82, 2.24) is 4.98 Å². The van der Waals surface area contributed by atoms with E-state index in [2.05, 4.69) is 10.3 Å². The van der Waals surface area contributed by atoms with Crippen LogP contribution in [0.4, 0.5) is 24.7 Å². The fourth-order valence-corrected chi connectivity index (χ4v) is 1.67. The summed E-state index contributed by atoms with van der Waals surface area (Å²) in [7, 11) is 0. The Hall–Kier alpha value is -1.86. The van der Waals surface area contributed by atoms with Gasteiger partial charge in [0.1, 0.15) is 17.1 Å². The lowest BCUT2D eigenvalue weighted by Gasteiger charge is -2.21. The van der Waals surface area contributed by atoms with Gasteiger partial charge in [0, 0.05) is 6.07 Å². The normalized spacial score (nSPS) is 17.3. The second-order valence-electron chi connectivity index (χ2n) is 4.26. The molecule has 0 amide bonds. The molecule has 0 bridgehead atoms. The molecule has 1 aliphatic rings. The van der Waals surface area contributed by atoms with Gasteiger partial charge in [-0.2, -0.15) is 13.2 Å². The van der Waals surface area contributed by atoms with Gasteiger partial charge in [-0.15, -0.1) is 0 Å². The fraction of sp³-hybridized carbons (Fsp3) is 0.500. The minimum Gasteiger partial charge on any atom is -0.356 e. The Morgan fingerprint density at radius 3 is 2.44 bits per heavy atom. The van der Waals surface area contributed by atoms with Crippen LogP contribution >= 0.6 is 0 Å². The van der Waals surface area contributed by atoms with E-state index in [0.29, 0.717) is 0 Å². The summed E-state index contributed by atoms with van der Waals surface area (Å²) in [6, 6.07) is 2.34. The zero-order valence-corrected chi connectivity index (χ0v) is 9.41. The smallest absolute Gasteiger partial charge is 0.356 e. The summed E-state index contributed by atoms with van der Waals surface area (Å²) in [4.78, 5) is 13.7. The molecule has 5 nitrogen and oxygen atoms in total. The molecule has 0 spiro atoms.